The Bertz CT molecular complexity index is 887. The Labute approximate surface area is 157 Å². The van der Waals surface area contributed by atoms with Gasteiger partial charge in [-0.15, -0.1) is 0 Å². The lowest BCUT2D eigenvalue weighted by Gasteiger charge is -2.18. The molecule has 1 atom stereocenters. The van der Waals surface area contributed by atoms with Crippen molar-refractivity contribution in [2.24, 2.45) is 0 Å². The Balaban J connectivity index is 1.84. The number of carboxylic acids is 1. The minimum atomic E-state index is -1.15. The average molecular weight is 366 g/mol. The number of nitrogens with zero attached hydrogens (tertiary/aromatic N) is 1. The second kappa shape index (κ2) is 7.61. The van der Waals surface area contributed by atoms with Crippen LogP contribution in [0.5, 0.6) is 0 Å². The molecular weight excluding hydrogens is 344 g/mol. The summed E-state index contributed by atoms with van der Waals surface area (Å²) in [4.78, 5) is 38.0. The number of rotatable bonds is 5. The summed E-state index contributed by atoms with van der Waals surface area (Å²) in [7, 11) is 0. The second-order valence-electron chi connectivity index (χ2n) is 6.87. The van der Waals surface area contributed by atoms with Gasteiger partial charge in [0.1, 0.15) is 0 Å². The fourth-order valence-electron chi connectivity index (χ4n) is 3.41. The zero-order chi connectivity index (χ0) is 19.6. The van der Waals surface area contributed by atoms with Crippen LogP contribution in [0.25, 0.3) is 0 Å². The number of anilines is 1. The summed E-state index contributed by atoms with van der Waals surface area (Å²) >= 11 is 0. The van der Waals surface area contributed by atoms with Crippen LogP contribution in [0.15, 0.2) is 42.5 Å². The van der Waals surface area contributed by atoms with Gasteiger partial charge in [0, 0.05) is 24.2 Å². The number of aryl methyl sites for hydroxylation is 2. The van der Waals surface area contributed by atoms with Crippen molar-refractivity contribution in [1.29, 1.82) is 0 Å². The van der Waals surface area contributed by atoms with Crippen LogP contribution in [-0.2, 0) is 9.59 Å². The number of benzene rings is 2. The van der Waals surface area contributed by atoms with E-state index in [9.17, 15) is 19.5 Å². The van der Waals surface area contributed by atoms with Crippen LogP contribution >= 0.6 is 0 Å². The van der Waals surface area contributed by atoms with E-state index in [0.717, 1.165) is 17.5 Å². The van der Waals surface area contributed by atoms with E-state index in [4.69, 9.17) is 0 Å². The van der Waals surface area contributed by atoms with E-state index >= 15 is 0 Å². The molecule has 3 rings (SSSR count). The lowest BCUT2D eigenvalue weighted by atomic mass is 10.0. The lowest BCUT2D eigenvalue weighted by molar-refractivity contribution is -0.139. The van der Waals surface area contributed by atoms with E-state index in [1.54, 1.807) is 41.3 Å². The van der Waals surface area contributed by atoms with Gasteiger partial charge in [-0.3, -0.25) is 9.59 Å². The van der Waals surface area contributed by atoms with Crippen LogP contribution in [0.3, 0.4) is 0 Å². The molecule has 0 saturated carbocycles. The number of nitrogens with one attached hydrogen (secondary N) is 1. The molecule has 140 valence electrons. The summed E-state index contributed by atoms with van der Waals surface area (Å²) in [6, 6.07) is 11.0. The van der Waals surface area contributed by atoms with Gasteiger partial charge in [0.15, 0.2) is 6.04 Å². The van der Waals surface area contributed by atoms with Crippen molar-refractivity contribution in [3.05, 3.63) is 64.7 Å². The van der Waals surface area contributed by atoms with Crippen molar-refractivity contribution in [3.63, 3.8) is 0 Å². The number of carbonyl (C=O) groups excluding carboxylic acids is 2. The molecule has 0 radical (unpaired) electrons. The third-order valence-corrected chi connectivity index (χ3v) is 4.59. The summed E-state index contributed by atoms with van der Waals surface area (Å²) in [5.41, 5.74) is 3.37. The lowest BCUT2D eigenvalue weighted by Crippen LogP contribution is -2.34. The minimum Gasteiger partial charge on any atom is -0.479 e. The van der Waals surface area contributed by atoms with E-state index in [1.165, 1.54) is 0 Å². The molecule has 0 spiro atoms. The SMILES string of the molecule is Cc1cc(C)cc(C(NC(=O)c2cccc(N3CCCC3=O)c2)C(=O)O)c1. The van der Waals surface area contributed by atoms with E-state index in [0.29, 0.717) is 29.8 Å². The maximum absolute atomic E-state index is 12.7. The largest absolute Gasteiger partial charge is 0.479 e. The molecule has 6 heteroatoms. The van der Waals surface area contributed by atoms with E-state index in [2.05, 4.69) is 5.32 Å². The Morgan fingerprint density at radius 3 is 2.41 bits per heavy atom. The van der Waals surface area contributed by atoms with Crippen molar-refractivity contribution in [2.75, 3.05) is 11.4 Å². The zero-order valence-corrected chi connectivity index (χ0v) is 15.4. The van der Waals surface area contributed by atoms with Gasteiger partial charge in [0.05, 0.1) is 0 Å². The summed E-state index contributed by atoms with van der Waals surface area (Å²) in [6.45, 7) is 4.39. The van der Waals surface area contributed by atoms with Crippen molar-refractivity contribution >= 4 is 23.5 Å². The maximum Gasteiger partial charge on any atom is 0.330 e. The molecule has 1 fully saturated rings. The number of amides is 2. The fraction of sp³-hybridized carbons (Fsp3) is 0.286. The molecule has 6 nitrogen and oxygen atoms in total. The molecule has 27 heavy (non-hydrogen) atoms. The average Bonchev–Trinajstić information content (AvgIpc) is 3.04. The molecule has 2 aromatic carbocycles. The number of hydrogen-bond acceptors (Lipinski definition) is 3. The van der Waals surface area contributed by atoms with Crippen LogP contribution in [0.4, 0.5) is 5.69 Å². The first-order valence-corrected chi connectivity index (χ1v) is 8.87. The Hall–Kier alpha value is -3.15. The molecule has 0 aliphatic carbocycles. The third-order valence-electron chi connectivity index (χ3n) is 4.59. The Morgan fingerprint density at radius 1 is 1.11 bits per heavy atom. The summed E-state index contributed by atoms with van der Waals surface area (Å²) in [5, 5.41) is 12.2. The number of carboxylic acid groups (broad SMARTS) is 1. The van der Waals surface area contributed by atoms with Gasteiger partial charge in [-0.25, -0.2) is 4.79 Å². The molecule has 0 aromatic heterocycles. The highest BCUT2D eigenvalue weighted by atomic mass is 16.4. The first kappa shape index (κ1) is 18.6. The Morgan fingerprint density at radius 2 is 1.81 bits per heavy atom. The summed E-state index contributed by atoms with van der Waals surface area (Å²) in [6.07, 6.45) is 1.30. The molecule has 1 saturated heterocycles. The van der Waals surface area contributed by atoms with Gasteiger partial charge in [-0.05, 0) is 44.0 Å². The summed E-state index contributed by atoms with van der Waals surface area (Å²) in [5.74, 6) is -1.58. The van der Waals surface area contributed by atoms with Crippen molar-refractivity contribution in [2.45, 2.75) is 32.7 Å². The van der Waals surface area contributed by atoms with Gasteiger partial charge < -0.3 is 15.3 Å². The normalized spacial score (nSPS) is 14.9. The van der Waals surface area contributed by atoms with Crippen molar-refractivity contribution < 1.29 is 19.5 Å². The first-order chi connectivity index (χ1) is 12.8. The number of carbonyl (C=O) groups is 3. The third kappa shape index (κ3) is 4.16. The number of aliphatic carboxylic acids is 1. The molecule has 1 heterocycles. The van der Waals surface area contributed by atoms with Gasteiger partial charge >= 0.3 is 5.97 Å². The highest BCUT2D eigenvalue weighted by Gasteiger charge is 2.25. The predicted molar refractivity (Wildman–Crippen MR) is 102 cm³/mol. The minimum absolute atomic E-state index is 0.0335. The molecule has 2 amide bonds. The van der Waals surface area contributed by atoms with Crippen molar-refractivity contribution in [3.8, 4) is 0 Å². The van der Waals surface area contributed by atoms with Gasteiger partial charge in [0.2, 0.25) is 5.91 Å². The quantitative estimate of drug-likeness (QED) is 0.852. The standard InChI is InChI=1S/C21H22N2O4/c1-13-9-14(2)11-16(10-13)19(21(26)27)22-20(25)15-5-3-6-17(12-15)23-8-4-7-18(23)24/h3,5-6,9-12,19H,4,7-8H2,1-2H3,(H,22,25)(H,26,27). The molecule has 1 aliphatic rings. The van der Waals surface area contributed by atoms with Gasteiger partial charge in [0.25, 0.3) is 5.91 Å². The molecule has 1 unspecified atom stereocenters. The van der Waals surface area contributed by atoms with Crippen molar-refractivity contribution in [1.82, 2.24) is 5.32 Å². The van der Waals surface area contributed by atoms with E-state index in [1.807, 2.05) is 19.9 Å². The van der Waals surface area contributed by atoms with E-state index < -0.39 is 17.9 Å². The van der Waals surface area contributed by atoms with Crippen LogP contribution in [0.1, 0.15) is 45.9 Å². The van der Waals surface area contributed by atoms with Crippen LogP contribution in [-0.4, -0.2) is 29.4 Å². The fourth-order valence-corrected chi connectivity index (χ4v) is 3.41. The molecular formula is C21H22N2O4. The number of hydrogen-bond donors (Lipinski definition) is 2. The van der Waals surface area contributed by atoms with E-state index in [-0.39, 0.29) is 5.91 Å². The summed E-state index contributed by atoms with van der Waals surface area (Å²) < 4.78 is 0. The zero-order valence-electron chi connectivity index (χ0n) is 15.4. The van der Waals surface area contributed by atoms with Gasteiger partial charge in [-0.1, -0.05) is 35.4 Å². The molecule has 0 bridgehead atoms. The smallest absolute Gasteiger partial charge is 0.330 e. The van der Waals surface area contributed by atoms with Gasteiger partial charge in [-0.2, -0.15) is 0 Å². The highest BCUT2D eigenvalue weighted by molar-refractivity contribution is 6.00. The highest BCUT2D eigenvalue weighted by Crippen LogP contribution is 2.23. The molecule has 2 N–H and O–H groups in total. The first-order valence-electron chi connectivity index (χ1n) is 8.87. The topological polar surface area (TPSA) is 86.7 Å². The van der Waals surface area contributed by atoms with Crippen LogP contribution in [0.2, 0.25) is 0 Å². The second-order valence-corrected chi connectivity index (χ2v) is 6.87. The van der Waals surface area contributed by atoms with Crippen LogP contribution < -0.4 is 10.2 Å². The van der Waals surface area contributed by atoms with Crippen LogP contribution in [0, 0.1) is 13.8 Å². The molecule has 1 aliphatic heterocycles. The Kier molecular flexibility index (Phi) is 5.26. The molecule has 2 aromatic rings. The maximum atomic E-state index is 12.7. The predicted octanol–water partition coefficient (Wildman–Crippen LogP) is 2.99. The monoisotopic (exact) mass is 366 g/mol.